The van der Waals surface area contributed by atoms with Gasteiger partial charge in [0.25, 0.3) is 0 Å². The van der Waals surface area contributed by atoms with Crippen molar-refractivity contribution in [2.24, 2.45) is 0 Å². The fraction of sp³-hybridized carbons (Fsp3) is 0.909. The SMILES string of the molecule is CC.CCN1CCN(C2CC2)CC1=O. The first-order valence-electron chi connectivity index (χ1n) is 5.83. The van der Waals surface area contributed by atoms with E-state index >= 15 is 0 Å². The van der Waals surface area contributed by atoms with Crippen LogP contribution < -0.4 is 0 Å². The van der Waals surface area contributed by atoms with Crippen LogP contribution in [-0.4, -0.2) is 47.9 Å². The summed E-state index contributed by atoms with van der Waals surface area (Å²) < 4.78 is 0. The Bertz CT molecular complexity index is 190. The van der Waals surface area contributed by atoms with Crippen LogP contribution in [0.15, 0.2) is 0 Å². The fourth-order valence-corrected chi connectivity index (χ4v) is 1.81. The van der Waals surface area contributed by atoms with Crippen LogP contribution >= 0.6 is 0 Å². The first-order chi connectivity index (χ1) is 6.81. The van der Waals surface area contributed by atoms with Crippen molar-refractivity contribution < 1.29 is 4.79 Å². The molecule has 3 nitrogen and oxygen atoms in total. The molecule has 3 heteroatoms. The van der Waals surface area contributed by atoms with Gasteiger partial charge < -0.3 is 4.90 Å². The van der Waals surface area contributed by atoms with Gasteiger partial charge in [-0.15, -0.1) is 0 Å². The first-order valence-corrected chi connectivity index (χ1v) is 5.83. The van der Waals surface area contributed by atoms with E-state index in [4.69, 9.17) is 0 Å². The maximum atomic E-state index is 11.5. The van der Waals surface area contributed by atoms with Crippen molar-refractivity contribution in [2.45, 2.75) is 39.7 Å². The Hall–Kier alpha value is -0.570. The zero-order valence-electron chi connectivity index (χ0n) is 9.62. The lowest BCUT2D eigenvalue weighted by Crippen LogP contribution is -2.50. The Morgan fingerprint density at radius 1 is 1.29 bits per heavy atom. The molecule has 0 aromatic heterocycles. The molecule has 1 aliphatic carbocycles. The maximum absolute atomic E-state index is 11.5. The van der Waals surface area contributed by atoms with E-state index in [1.165, 1.54) is 12.8 Å². The van der Waals surface area contributed by atoms with Crippen LogP contribution in [0.1, 0.15) is 33.6 Å². The number of amides is 1. The minimum absolute atomic E-state index is 0.315. The number of piperazine rings is 1. The Labute approximate surface area is 87.1 Å². The van der Waals surface area contributed by atoms with Crippen LogP contribution in [-0.2, 0) is 4.79 Å². The number of hydrogen-bond donors (Lipinski definition) is 0. The standard InChI is InChI=1S/C9H16N2O.C2H6/c1-2-10-5-6-11(7-9(10)12)8-3-4-8;1-2/h8H,2-7H2,1H3;1-2H3. The Balaban J connectivity index is 0.000000461. The number of likely N-dealkylation sites (N-methyl/N-ethyl adjacent to an activating group) is 1. The summed E-state index contributed by atoms with van der Waals surface area (Å²) in [5, 5.41) is 0. The molecule has 0 bridgehead atoms. The van der Waals surface area contributed by atoms with Gasteiger partial charge in [0, 0.05) is 25.7 Å². The van der Waals surface area contributed by atoms with Gasteiger partial charge in [-0.3, -0.25) is 9.69 Å². The molecule has 1 aliphatic heterocycles. The van der Waals surface area contributed by atoms with E-state index in [0.717, 1.165) is 25.7 Å². The number of hydrogen-bond acceptors (Lipinski definition) is 2. The third kappa shape index (κ3) is 2.71. The lowest BCUT2D eigenvalue weighted by Gasteiger charge is -2.33. The predicted octanol–water partition coefficient (Wildman–Crippen LogP) is 1.34. The van der Waals surface area contributed by atoms with Gasteiger partial charge >= 0.3 is 0 Å². The van der Waals surface area contributed by atoms with Crippen molar-refractivity contribution in [1.82, 2.24) is 9.80 Å². The summed E-state index contributed by atoms with van der Waals surface area (Å²) in [5.74, 6) is 0.315. The Morgan fingerprint density at radius 2 is 1.93 bits per heavy atom. The topological polar surface area (TPSA) is 23.6 Å². The molecular formula is C11H22N2O. The van der Waals surface area contributed by atoms with E-state index in [2.05, 4.69) is 4.90 Å². The second-order valence-corrected chi connectivity index (χ2v) is 3.68. The van der Waals surface area contributed by atoms with Gasteiger partial charge in [0.1, 0.15) is 0 Å². The maximum Gasteiger partial charge on any atom is 0.236 e. The molecule has 0 aromatic rings. The number of carbonyl (C=O) groups excluding carboxylic acids is 1. The first kappa shape index (κ1) is 11.5. The molecule has 2 aliphatic rings. The van der Waals surface area contributed by atoms with E-state index < -0.39 is 0 Å². The second kappa shape index (κ2) is 5.35. The lowest BCUT2D eigenvalue weighted by atomic mass is 10.3. The van der Waals surface area contributed by atoms with E-state index in [1.807, 2.05) is 25.7 Å². The highest BCUT2D eigenvalue weighted by atomic mass is 16.2. The summed E-state index contributed by atoms with van der Waals surface area (Å²) >= 11 is 0. The third-order valence-corrected chi connectivity index (χ3v) is 2.79. The highest BCUT2D eigenvalue weighted by Gasteiger charge is 2.33. The van der Waals surface area contributed by atoms with Crippen molar-refractivity contribution in [3.63, 3.8) is 0 Å². The van der Waals surface area contributed by atoms with Gasteiger partial charge in [-0.25, -0.2) is 0 Å². The zero-order chi connectivity index (χ0) is 10.6. The minimum atomic E-state index is 0.315. The average Bonchev–Trinajstić information content (AvgIpc) is 3.04. The quantitative estimate of drug-likeness (QED) is 0.668. The summed E-state index contributed by atoms with van der Waals surface area (Å²) in [6.45, 7) is 9.61. The van der Waals surface area contributed by atoms with Crippen molar-refractivity contribution in [3.8, 4) is 0 Å². The lowest BCUT2D eigenvalue weighted by molar-refractivity contribution is -0.135. The van der Waals surface area contributed by atoms with Gasteiger partial charge in [0.2, 0.25) is 5.91 Å². The Morgan fingerprint density at radius 3 is 2.36 bits per heavy atom. The highest BCUT2D eigenvalue weighted by molar-refractivity contribution is 5.79. The van der Waals surface area contributed by atoms with Gasteiger partial charge in [-0.05, 0) is 19.8 Å². The Kier molecular flexibility index (Phi) is 4.39. The van der Waals surface area contributed by atoms with Crippen molar-refractivity contribution in [2.75, 3.05) is 26.2 Å². The summed E-state index contributed by atoms with van der Waals surface area (Å²) in [5.41, 5.74) is 0. The summed E-state index contributed by atoms with van der Waals surface area (Å²) in [4.78, 5) is 15.7. The molecule has 0 aromatic carbocycles. The molecular weight excluding hydrogens is 176 g/mol. The number of nitrogens with zero attached hydrogens (tertiary/aromatic N) is 2. The third-order valence-electron chi connectivity index (χ3n) is 2.79. The molecule has 0 radical (unpaired) electrons. The normalized spacial score (nSPS) is 23.1. The number of rotatable bonds is 2. The predicted molar refractivity (Wildman–Crippen MR) is 58.2 cm³/mol. The largest absolute Gasteiger partial charge is 0.341 e. The number of carbonyl (C=O) groups is 1. The summed E-state index contributed by atoms with van der Waals surface area (Å²) in [7, 11) is 0. The second-order valence-electron chi connectivity index (χ2n) is 3.68. The molecule has 1 saturated carbocycles. The molecule has 1 heterocycles. The molecule has 1 saturated heterocycles. The molecule has 1 amide bonds. The summed E-state index contributed by atoms with van der Waals surface area (Å²) in [6.07, 6.45) is 2.61. The highest BCUT2D eigenvalue weighted by Crippen LogP contribution is 2.27. The molecule has 2 rings (SSSR count). The van der Waals surface area contributed by atoms with E-state index in [0.29, 0.717) is 12.5 Å². The van der Waals surface area contributed by atoms with Crippen LogP contribution in [0.4, 0.5) is 0 Å². The fourth-order valence-electron chi connectivity index (χ4n) is 1.81. The van der Waals surface area contributed by atoms with Gasteiger partial charge in [-0.1, -0.05) is 13.8 Å². The van der Waals surface area contributed by atoms with Crippen molar-refractivity contribution >= 4 is 5.91 Å². The molecule has 0 spiro atoms. The van der Waals surface area contributed by atoms with E-state index in [9.17, 15) is 4.79 Å². The van der Waals surface area contributed by atoms with Crippen LogP contribution in [0.5, 0.6) is 0 Å². The molecule has 0 unspecified atom stereocenters. The van der Waals surface area contributed by atoms with E-state index in [-0.39, 0.29) is 0 Å². The van der Waals surface area contributed by atoms with Crippen molar-refractivity contribution in [3.05, 3.63) is 0 Å². The minimum Gasteiger partial charge on any atom is -0.341 e. The van der Waals surface area contributed by atoms with Crippen molar-refractivity contribution in [1.29, 1.82) is 0 Å². The monoisotopic (exact) mass is 198 g/mol. The van der Waals surface area contributed by atoms with Crippen LogP contribution in [0.3, 0.4) is 0 Å². The summed E-state index contributed by atoms with van der Waals surface area (Å²) in [6, 6.07) is 0.743. The molecule has 14 heavy (non-hydrogen) atoms. The molecule has 0 atom stereocenters. The zero-order valence-corrected chi connectivity index (χ0v) is 9.62. The van der Waals surface area contributed by atoms with Gasteiger partial charge in [0.05, 0.1) is 6.54 Å². The average molecular weight is 198 g/mol. The van der Waals surface area contributed by atoms with Gasteiger partial charge in [-0.2, -0.15) is 0 Å². The molecule has 2 fully saturated rings. The van der Waals surface area contributed by atoms with Gasteiger partial charge in [0.15, 0.2) is 0 Å². The van der Waals surface area contributed by atoms with Crippen LogP contribution in [0.25, 0.3) is 0 Å². The molecule has 0 N–H and O–H groups in total. The smallest absolute Gasteiger partial charge is 0.236 e. The molecule has 82 valence electrons. The van der Waals surface area contributed by atoms with Crippen LogP contribution in [0.2, 0.25) is 0 Å². The van der Waals surface area contributed by atoms with E-state index in [1.54, 1.807) is 0 Å². The van der Waals surface area contributed by atoms with Crippen LogP contribution in [0, 0.1) is 0 Å².